The highest BCUT2D eigenvalue weighted by molar-refractivity contribution is 5.76. The van der Waals surface area contributed by atoms with E-state index in [-0.39, 0.29) is 11.8 Å². The van der Waals surface area contributed by atoms with Gasteiger partial charge in [-0.3, -0.25) is 4.79 Å². The highest BCUT2D eigenvalue weighted by Crippen LogP contribution is 2.18. The van der Waals surface area contributed by atoms with Crippen LogP contribution in [0.4, 0.5) is 0 Å². The minimum Gasteiger partial charge on any atom is -0.469 e. The molecule has 102 valence electrons. The lowest BCUT2D eigenvalue weighted by Crippen LogP contribution is -2.45. The van der Waals surface area contributed by atoms with E-state index in [1.165, 1.54) is 0 Å². The third kappa shape index (κ3) is 4.53. The van der Waals surface area contributed by atoms with Crippen molar-refractivity contribution in [3.05, 3.63) is 24.2 Å². The molecule has 4 heteroatoms. The topological polar surface area (TPSA) is 62.5 Å². The first-order valence-corrected chi connectivity index (χ1v) is 6.47. The van der Waals surface area contributed by atoms with Crippen LogP contribution in [-0.2, 0) is 11.2 Å². The van der Waals surface area contributed by atoms with Crippen LogP contribution in [-0.4, -0.2) is 23.2 Å². The second kappa shape index (κ2) is 6.59. The van der Waals surface area contributed by atoms with Crippen molar-refractivity contribution in [1.29, 1.82) is 0 Å². The van der Waals surface area contributed by atoms with Crippen molar-refractivity contribution in [2.75, 3.05) is 6.54 Å². The standard InChI is InChI=1S/C14H23NO3/c1-4-11(2)14(3,17)10-15-13(16)8-7-12-6-5-9-18-12/h5-6,9,11,17H,4,7-8,10H2,1-3H3,(H,15,16). The summed E-state index contributed by atoms with van der Waals surface area (Å²) in [7, 11) is 0. The quantitative estimate of drug-likeness (QED) is 0.782. The summed E-state index contributed by atoms with van der Waals surface area (Å²) in [6, 6.07) is 3.66. The fourth-order valence-corrected chi connectivity index (χ4v) is 1.67. The third-order valence-corrected chi connectivity index (χ3v) is 3.50. The Morgan fingerprint density at radius 1 is 1.61 bits per heavy atom. The van der Waals surface area contributed by atoms with E-state index in [4.69, 9.17) is 4.42 Å². The van der Waals surface area contributed by atoms with Gasteiger partial charge in [-0.1, -0.05) is 20.3 Å². The maximum Gasteiger partial charge on any atom is 0.220 e. The second-order valence-electron chi connectivity index (χ2n) is 5.02. The Kier molecular flexibility index (Phi) is 5.41. The zero-order chi connectivity index (χ0) is 13.6. The third-order valence-electron chi connectivity index (χ3n) is 3.50. The van der Waals surface area contributed by atoms with Crippen LogP contribution in [0.2, 0.25) is 0 Å². The van der Waals surface area contributed by atoms with E-state index in [9.17, 15) is 9.90 Å². The first-order valence-electron chi connectivity index (χ1n) is 6.47. The summed E-state index contributed by atoms with van der Waals surface area (Å²) in [6.07, 6.45) is 3.45. The second-order valence-corrected chi connectivity index (χ2v) is 5.02. The number of carbonyl (C=O) groups is 1. The Balaban J connectivity index is 2.28. The molecule has 2 unspecified atom stereocenters. The number of carbonyl (C=O) groups excluding carboxylic acids is 1. The lowest BCUT2D eigenvalue weighted by molar-refractivity contribution is -0.122. The van der Waals surface area contributed by atoms with Crippen LogP contribution in [0.1, 0.15) is 39.4 Å². The fourth-order valence-electron chi connectivity index (χ4n) is 1.67. The molecule has 4 nitrogen and oxygen atoms in total. The Bertz CT molecular complexity index is 357. The van der Waals surface area contributed by atoms with E-state index < -0.39 is 5.60 Å². The first kappa shape index (κ1) is 14.8. The number of aliphatic hydroxyl groups is 1. The van der Waals surface area contributed by atoms with Crippen LogP contribution in [0, 0.1) is 5.92 Å². The predicted molar refractivity (Wildman–Crippen MR) is 70.1 cm³/mol. The largest absolute Gasteiger partial charge is 0.469 e. The van der Waals surface area contributed by atoms with Crippen LogP contribution in [0.3, 0.4) is 0 Å². The van der Waals surface area contributed by atoms with E-state index in [0.29, 0.717) is 19.4 Å². The maximum atomic E-state index is 11.6. The molecule has 0 fully saturated rings. The van der Waals surface area contributed by atoms with Gasteiger partial charge in [0.2, 0.25) is 5.91 Å². The van der Waals surface area contributed by atoms with E-state index in [1.54, 1.807) is 19.3 Å². The summed E-state index contributed by atoms with van der Waals surface area (Å²) in [5, 5.41) is 12.9. The van der Waals surface area contributed by atoms with Gasteiger partial charge < -0.3 is 14.8 Å². The van der Waals surface area contributed by atoms with Crippen LogP contribution < -0.4 is 5.32 Å². The van der Waals surface area contributed by atoms with Gasteiger partial charge in [0.25, 0.3) is 0 Å². The molecule has 0 radical (unpaired) electrons. The van der Waals surface area contributed by atoms with Gasteiger partial charge >= 0.3 is 0 Å². The highest BCUT2D eigenvalue weighted by Gasteiger charge is 2.27. The number of amides is 1. The summed E-state index contributed by atoms with van der Waals surface area (Å²) < 4.78 is 5.16. The Labute approximate surface area is 108 Å². The van der Waals surface area contributed by atoms with Crippen LogP contribution in [0.5, 0.6) is 0 Å². The molecule has 1 heterocycles. The summed E-state index contributed by atoms with van der Waals surface area (Å²) in [6.45, 7) is 6.06. The summed E-state index contributed by atoms with van der Waals surface area (Å²) >= 11 is 0. The Morgan fingerprint density at radius 2 is 2.33 bits per heavy atom. The molecule has 2 N–H and O–H groups in total. The molecule has 0 aliphatic rings. The molecule has 1 rings (SSSR count). The van der Waals surface area contributed by atoms with Gasteiger partial charge in [0, 0.05) is 19.4 Å². The van der Waals surface area contributed by atoms with Crippen molar-refractivity contribution in [3.63, 3.8) is 0 Å². The SMILES string of the molecule is CCC(C)C(C)(O)CNC(=O)CCc1ccco1. The van der Waals surface area contributed by atoms with Crippen molar-refractivity contribution in [2.45, 2.75) is 45.6 Å². The molecule has 0 aliphatic heterocycles. The number of furan rings is 1. The smallest absolute Gasteiger partial charge is 0.220 e. The van der Waals surface area contributed by atoms with Gasteiger partial charge in [0.05, 0.1) is 11.9 Å². The number of nitrogens with one attached hydrogen (secondary N) is 1. The molecule has 1 amide bonds. The van der Waals surface area contributed by atoms with E-state index >= 15 is 0 Å². The number of aryl methyl sites for hydroxylation is 1. The zero-order valence-electron chi connectivity index (χ0n) is 11.4. The van der Waals surface area contributed by atoms with Crippen molar-refractivity contribution in [3.8, 4) is 0 Å². The molecule has 1 aromatic heterocycles. The average molecular weight is 253 g/mol. The zero-order valence-corrected chi connectivity index (χ0v) is 11.4. The molecule has 0 aromatic carbocycles. The lowest BCUT2D eigenvalue weighted by atomic mass is 9.88. The van der Waals surface area contributed by atoms with Gasteiger partial charge in [-0.05, 0) is 25.0 Å². The van der Waals surface area contributed by atoms with Crippen LogP contribution >= 0.6 is 0 Å². The molecule has 0 saturated heterocycles. The van der Waals surface area contributed by atoms with E-state index in [2.05, 4.69) is 5.32 Å². The van der Waals surface area contributed by atoms with Gasteiger partial charge in [-0.2, -0.15) is 0 Å². The summed E-state index contributed by atoms with van der Waals surface area (Å²) in [5.74, 6) is 0.900. The minimum absolute atomic E-state index is 0.0602. The van der Waals surface area contributed by atoms with Crippen molar-refractivity contribution < 1.29 is 14.3 Å². The van der Waals surface area contributed by atoms with Gasteiger partial charge in [-0.25, -0.2) is 0 Å². The highest BCUT2D eigenvalue weighted by atomic mass is 16.3. The van der Waals surface area contributed by atoms with Crippen molar-refractivity contribution >= 4 is 5.91 Å². The summed E-state index contributed by atoms with van der Waals surface area (Å²) in [5.41, 5.74) is -0.852. The predicted octanol–water partition coefficient (Wildman–Crippen LogP) is 2.13. The van der Waals surface area contributed by atoms with Gasteiger partial charge in [0.15, 0.2) is 0 Å². The summed E-state index contributed by atoms with van der Waals surface area (Å²) in [4.78, 5) is 11.6. The molecule has 18 heavy (non-hydrogen) atoms. The van der Waals surface area contributed by atoms with Crippen molar-refractivity contribution in [1.82, 2.24) is 5.32 Å². The minimum atomic E-state index is -0.852. The lowest BCUT2D eigenvalue weighted by Gasteiger charge is -2.29. The number of hydrogen-bond acceptors (Lipinski definition) is 3. The molecule has 0 saturated carbocycles. The Hall–Kier alpha value is -1.29. The molecular formula is C14H23NO3. The van der Waals surface area contributed by atoms with Crippen molar-refractivity contribution in [2.24, 2.45) is 5.92 Å². The van der Waals surface area contributed by atoms with Crippen LogP contribution in [0.25, 0.3) is 0 Å². The molecule has 0 bridgehead atoms. The Morgan fingerprint density at radius 3 is 2.89 bits per heavy atom. The van der Waals surface area contributed by atoms with E-state index in [0.717, 1.165) is 12.2 Å². The monoisotopic (exact) mass is 253 g/mol. The number of hydrogen-bond donors (Lipinski definition) is 2. The van der Waals surface area contributed by atoms with Gasteiger partial charge in [0.1, 0.15) is 5.76 Å². The molecular weight excluding hydrogens is 230 g/mol. The van der Waals surface area contributed by atoms with Gasteiger partial charge in [-0.15, -0.1) is 0 Å². The molecule has 0 spiro atoms. The molecule has 1 aromatic rings. The first-order chi connectivity index (χ1) is 8.45. The average Bonchev–Trinajstić information content (AvgIpc) is 2.86. The maximum absolute atomic E-state index is 11.6. The normalized spacial score (nSPS) is 16.0. The fraction of sp³-hybridized carbons (Fsp3) is 0.643. The number of rotatable bonds is 7. The van der Waals surface area contributed by atoms with Crippen LogP contribution in [0.15, 0.2) is 22.8 Å². The molecule has 0 aliphatic carbocycles. The molecule has 2 atom stereocenters. The van der Waals surface area contributed by atoms with E-state index in [1.807, 2.05) is 19.9 Å².